The van der Waals surface area contributed by atoms with E-state index in [1.165, 1.54) is 5.56 Å². The summed E-state index contributed by atoms with van der Waals surface area (Å²) in [7, 11) is 0. The van der Waals surface area contributed by atoms with Crippen LogP contribution in [-0.2, 0) is 16.1 Å². The van der Waals surface area contributed by atoms with Crippen LogP contribution in [0, 0.1) is 6.92 Å². The summed E-state index contributed by atoms with van der Waals surface area (Å²) in [6.07, 6.45) is 4.09. The lowest BCUT2D eigenvalue weighted by molar-refractivity contribution is -0.133. The quantitative estimate of drug-likeness (QED) is 0.857. The molecule has 2 fully saturated rings. The largest absolute Gasteiger partial charge is 0.343 e. The number of hydrogen-bond acceptors (Lipinski definition) is 2. The molecule has 2 heterocycles. The summed E-state index contributed by atoms with van der Waals surface area (Å²) < 4.78 is 0. The van der Waals surface area contributed by atoms with E-state index >= 15 is 0 Å². The molecule has 4 nitrogen and oxygen atoms in total. The summed E-state index contributed by atoms with van der Waals surface area (Å²) in [5.41, 5.74) is 2.36. The smallest absolute Gasteiger partial charge is 0.224 e. The number of aryl methyl sites for hydroxylation is 1. The maximum Gasteiger partial charge on any atom is 0.224 e. The molecule has 0 saturated carbocycles. The minimum atomic E-state index is 0.0712. The van der Waals surface area contributed by atoms with Gasteiger partial charge < -0.3 is 9.80 Å². The summed E-state index contributed by atoms with van der Waals surface area (Å²) in [5, 5.41) is 0. The number of rotatable bonds is 4. The van der Waals surface area contributed by atoms with Crippen LogP contribution >= 0.6 is 0 Å². The first kappa shape index (κ1) is 15.1. The van der Waals surface area contributed by atoms with Crippen molar-refractivity contribution in [2.24, 2.45) is 0 Å². The van der Waals surface area contributed by atoms with Gasteiger partial charge in [0.15, 0.2) is 0 Å². The van der Waals surface area contributed by atoms with Crippen LogP contribution in [0.1, 0.15) is 43.2 Å². The average molecular weight is 300 g/mol. The van der Waals surface area contributed by atoms with Crippen molar-refractivity contribution in [1.82, 2.24) is 9.80 Å². The summed E-state index contributed by atoms with van der Waals surface area (Å²) in [6, 6.07) is 8.35. The Hall–Kier alpha value is -1.84. The van der Waals surface area contributed by atoms with Crippen molar-refractivity contribution in [3.8, 4) is 0 Å². The highest BCUT2D eigenvalue weighted by Crippen LogP contribution is 2.25. The molecule has 22 heavy (non-hydrogen) atoms. The van der Waals surface area contributed by atoms with Gasteiger partial charge in [0.05, 0.1) is 0 Å². The van der Waals surface area contributed by atoms with E-state index in [4.69, 9.17) is 0 Å². The number of amides is 2. The molecule has 1 atom stereocenters. The molecule has 1 aromatic rings. The molecule has 1 aromatic carbocycles. The van der Waals surface area contributed by atoms with Crippen LogP contribution in [0.2, 0.25) is 0 Å². The molecule has 0 aromatic heterocycles. The van der Waals surface area contributed by atoms with Gasteiger partial charge in [-0.05, 0) is 31.7 Å². The molecule has 3 rings (SSSR count). The van der Waals surface area contributed by atoms with Crippen LogP contribution in [0.3, 0.4) is 0 Å². The number of carbonyl (C=O) groups excluding carboxylic acids is 2. The van der Waals surface area contributed by atoms with Gasteiger partial charge in [0.2, 0.25) is 11.8 Å². The van der Waals surface area contributed by atoms with Crippen LogP contribution in [0.5, 0.6) is 0 Å². The van der Waals surface area contributed by atoms with E-state index in [2.05, 4.69) is 31.2 Å². The van der Waals surface area contributed by atoms with Crippen molar-refractivity contribution in [2.45, 2.75) is 51.6 Å². The van der Waals surface area contributed by atoms with Gasteiger partial charge in [-0.15, -0.1) is 0 Å². The molecule has 2 aliphatic rings. The fourth-order valence-corrected chi connectivity index (χ4v) is 3.41. The summed E-state index contributed by atoms with van der Waals surface area (Å²) in [4.78, 5) is 28.4. The number of hydrogen-bond donors (Lipinski definition) is 0. The predicted molar refractivity (Wildman–Crippen MR) is 85.2 cm³/mol. The molecule has 2 amide bonds. The third-order valence-corrected chi connectivity index (χ3v) is 4.80. The van der Waals surface area contributed by atoms with Gasteiger partial charge in [0.1, 0.15) is 0 Å². The second-order valence-corrected chi connectivity index (χ2v) is 6.49. The Kier molecular flexibility index (Phi) is 4.46. The number of benzene rings is 1. The topological polar surface area (TPSA) is 40.6 Å². The molecule has 4 heteroatoms. The highest BCUT2D eigenvalue weighted by atomic mass is 16.2. The predicted octanol–water partition coefficient (Wildman–Crippen LogP) is 2.50. The Morgan fingerprint density at radius 3 is 2.55 bits per heavy atom. The van der Waals surface area contributed by atoms with Gasteiger partial charge in [-0.1, -0.05) is 29.8 Å². The molecular formula is C18H24N2O2. The first-order valence-electron chi connectivity index (χ1n) is 8.26. The average Bonchev–Trinajstić information content (AvgIpc) is 3.14. The lowest BCUT2D eigenvalue weighted by atomic mass is 10.1. The Morgan fingerprint density at radius 2 is 1.86 bits per heavy atom. The zero-order valence-electron chi connectivity index (χ0n) is 13.3. The van der Waals surface area contributed by atoms with Crippen LogP contribution < -0.4 is 0 Å². The van der Waals surface area contributed by atoms with E-state index in [1.54, 1.807) is 0 Å². The lowest BCUT2D eigenvalue weighted by Crippen LogP contribution is -2.38. The van der Waals surface area contributed by atoms with E-state index in [1.807, 2.05) is 9.80 Å². The van der Waals surface area contributed by atoms with E-state index in [0.29, 0.717) is 19.4 Å². The normalized spacial score (nSPS) is 21.7. The number of likely N-dealkylation sites (tertiary alicyclic amines) is 2. The van der Waals surface area contributed by atoms with E-state index in [-0.39, 0.29) is 17.9 Å². The Labute approximate surface area is 132 Å². The molecule has 2 saturated heterocycles. The maximum atomic E-state index is 12.3. The van der Waals surface area contributed by atoms with Crippen molar-refractivity contribution in [3.63, 3.8) is 0 Å². The van der Waals surface area contributed by atoms with Gasteiger partial charge in [-0.2, -0.15) is 0 Å². The van der Waals surface area contributed by atoms with Gasteiger partial charge in [-0.3, -0.25) is 9.59 Å². The molecule has 0 radical (unpaired) electrons. The Balaban J connectivity index is 1.64. The third kappa shape index (κ3) is 3.32. The number of nitrogens with zero attached hydrogens (tertiary/aromatic N) is 2. The minimum Gasteiger partial charge on any atom is -0.343 e. The number of carbonyl (C=O) groups is 2. The molecule has 0 spiro atoms. The summed E-state index contributed by atoms with van der Waals surface area (Å²) in [5.74, 6) is 0.394. The molecule has 118 valence electrons. The summed E-state index contributed by atoms with van der Waals surface area (Å²) >= 11 is 0. The molecule has 0 bridgehead atoms. The van der Waals surface area contributed by atoms with Crippen molar-refractivity contribution in [3.05, 3.63) is 35.4 Å². The fraction of sp³-hybridized carbons (Fsp3) is 0.556. The zero-order valence-corrected chi connectivity index (χ0v) is 13.3. The van der Waals surface area contributed by atoms with Crippen molar-refractivity contribution in [1.29, 1.82) is 0 Å². The van der Waals surface area contributed by atoms with Crippen molar-refractivity contribution < 1.29 is 9.59 Å². The summed E-state index contributed by atoms with van der Waals surface area (Å²) in [6.45, 7) is 4.45. The Bertz CT molecular complexity index is 547. The van der Waals surface area contributed by atoms with Gasteiger partial charge in [0.25, 0.3) is 0 Å². The SMILES string of the molecule is Cc1ccc(CN2C(=O)CC[C@@H]2CC(=O)N2CCCC2)cc1. The second-order valence-electron chi connectivity index (χ2n) is 6.49. The molecule has 0 unspecified atom stereocenters. The fourth-order valence-electron chi connectivity index (χ4n) is 3.41. The molecule has 0 N–H and O–H groups in total. The molecule has 0 aliphatic carbocycles. The monoisotopic (exact) mass is 300 g/mol. The van der Waals surface area contributed by atoms with Crippen molar-refractivity contribution >= 4 is 11.8 Å². The lowest BCUT2D eigenvalue weighted by Gasteiger charge is -2.26. The highest BCUT2D eigenvalue weighted by molar-refractivity contribution is 5.82. The molecule has 2 aliphatic heterocycles. The van der Waals surface area contributed by atoms with Gasteiger partial charge >= 0.3 is 0 Å². The van der Waals surface area contributed by atoms with E-state index in [0.717, 1.165) is 37.9 Å². The first-order chi connectivity index (χ1) is 10.6. The second kappa shape index (κ2) is 6.51. The van der Waals surface area contributed by atoms with Gasteiger partial charge in [-0.25, -0.2) is 0 Å². The first-order valence-corrected chi connectivity index (χ1v) is 8.26. The van der Waals surface area contributed by atoms with Crippen LogP contribution in [-0.4, -0.2) is 40.7 Å². The van der Waals surface area contributed by atoms with Crippen LogP contribution in [0.15, 0.2) is 24.3 Å². The maximum absolute atomic E-state index is 12.3. The van der Waals surface area contributed by atoms with E-state index < -0.39 is 0 Å². The van der Waals surface area contributed by atoms with Crippen molar-refractivity contribution in [2.75, 3.05) is 13.1 Å². The standard InChI is InChI=1S/C18H24N2O2/c1-14-4-6-15(7-5-14)13-20-16(8-9-17(20)21)12-18(22)19-10-2-3-11-19/h4-7,16H,2-3,8-13H2,1H3/t16-/m1/s1. The third-order valence-electron chi connectivity index (χ3n) is 4.80. The van der Waals surface area contributed by atoms with E-state index in [9.17, 15) is 9.59 Å². The minimum absolute atomic E-state index is 0.0712. The van der Waals surface area contributed by atoms with Crippen LogP contribution in [0.4, 0.5) is 0 Å². The van der Waals surface area contributed by atoms with Gasteiger partial charge in [0, 0.05) is 38.5 Å². The Morgan fingerprint density at radius 1 is 1.18 bits per heavy atom. The zero-order chi connectivity index (χ0) is 15.5. The van der Waals surface area contributed by atoms with Crippen LogP contribution in [0.25, 0.3) is 0 Å². The highest BCUT2D eigenvalue weighted by Gasteiger charge is 2.33. The molecular weight excluding hydrogens is 276 g/mol.